The van der Waals surface area contributed by atoms with Gasteiger partial charge in [-0.3, -0.25) is 0 Å². The van der Waals surface area contributed by atoms with Crippen molar-refractivity contribution in [2.75, 3.05) is 0 Å². The highest BCUT2D eigenvalue weighted by atomic mass is 14.9. The first-order valence-electron chi connectivity index (χ1n) is 5.14. The number of benzene rings is 1. The standard InChI is InChI=1S/C12H19N/c1-4-10(2)13-11(3)12-8-6-5-7-9-12/h5-11,13H,4H2,1-3H3/p+1/t10-,11-/m1/s1. The minimum absolute atomic E-state index is 0.580. The fourth-order valence-corrected chi connectivity index (χ4v) is 1.50. The fraction of sp³-hybridized carbons (Fsp3) is 0.500. The molecule has 1 heteroatoms. The van der Waals surface area contributed by atoms with E-state index in [0.717, 1.165) is 6.04 Å². The van der Waals surface area contributed by atoms with Crippen LogP contribution in [0, 0.1) is 0 Å². The van der Waals surface area contributed by atoms with Crippen molar-refractivity contribution in [1.29, 1.82) is 0 Å². The topological polar surface area (TPSA) is 16.6 Å². The van der Waals surface area contributed by atoms with Gasteiger partial charge in [-0.25, -0.2) is 0 Å². The Bertz CT molecular complexity index is 230. The van der Waals surface area contributed by atoms with Crippen LogP contribution in [0.25, 0.3) is 0 Å². The van der Waals surface area contributed by atoms with Crippen LogP contribution in [0.4, 0.5) is 0 Å². The monoisotopic (exact) mass is 178 g/mol. The van der Waals surface area contributed by atoms with Crippen molar-refractivity contribution < 1.29 is 5.32 Å². The van der Waals surface area contributed by atoms with Gasteiger partial charge in [0.15, 0.2) is 0 Å². The third-order valence-electron chi connectivity index (χ3n) is 2.59. The lowest BCUT2D eigenvalue weighted by Crippen LogP contribution is -2.89. The van der Waals surface area contributed by atoms with E-state index in [0.29, 0.717) is 6.04 Å². The van der Waals surface area contributed by atoms with Crippen LogP contribution in [0.3, 0.4) is 0 Å². The largest absolute Gasteiger partial charge is 0.338 e. The van der Waals surface area contributed by atoms with Crippen LogP contribution in [0.5, 0.6) is 0 Å². The van der Waals surface area contributed by atoms with Crippen LogP contribution in [-0.4, -0.2) is 6.04 Å². The first kappa shape index (κ1) is 10.3. The van der Waals surface area contributed by atoms with E-state index in [1.54, 1.807) is 0 Å². The van der Waals surface area contributed by atoms with E-state index in [-0.39, 0.29) is 0 Å². The predicted octanol–water partition coefficient (Wildman–Crippen LogP) is 2.11. The van der Waals surface area contributed by atoms with Crippen LogP contribution >= 0.6 is 0 Å². The van der Waals surface area contributed by atoms with Crippen LogP contribution in [-0.2, 0) is 0 Å². The molecule has 0 saturated carbocycles. The molecule has 1 nitrogen and oxygen atoms in total. The Kier molecular flexibility index (Phi) is 3.97. The summed E-state index contributed by atoms with van der Waals surface area (Å²) < 4.78 is 0. The quantitative estimate of drug-likeness (QED) is 0.727. The van der Waals surface area contributed by atoms with E-state index < -0.39 is 0 Å². The summed E-state index contributed by atoms with van der Waals surface area (Å²) in [6.45, 7) is 6.78. The number of rotatable bonds is 4. The van der Waals surface area contributed by atoms with Gasteiger partial charge in [-0.1, -0.05) is 37.3 Å². The highest BCUT2D eigenvalue weighted by molar-refractivity contribution is 5.16. The SMILES string of the molecule is CC[C@@H](C)[NH2+][C@H](C)c1ccccc1. The smallest absolute Gasteiger partial charge is 0.109 e. The molecule has 72 valence electrons. The van der Waals surface area contributed by atoms with Gasteiger partial charge in [0.25, 0.3) is 0 Å². The molecule has 0 aliphatic heterocycles. The Labute approximate surface area is 81.2 Å². The average Bonchev–Trinajstić information content (AvgIpc) is 2.19. The molecule has 0 bridgehead atoms. The zero-order chi connectivity index (χ0) is 9.68. The van der Waals surface area contributed by atoms with E-state index >= 15 is 0 Å². The molecule has 0 aliphatic carbocycles. The molecule has 0 saturated heterocycles. The Morgan fingerprint density at radius 3 is 2.31 bits per heavy atom. The lowest BCUT2D eigenvalue weighted by Gasteiger charge is -2.15. The lowest BCUT2D eigenvalue weighted by molar-refractivity contribution is -0.722. The third kappa shape index (κ3) is 3.19. The van der Waals surface area contributed by atoms with Gasteiger partial charge in [0.1, 0.15) is 6.04 Å². The molecule has 13 heavy (non-hydrogen) atoms. The fourth-order valence-electron chi connectivity index (χ4n) is 1.50. The summed E-state index contributed by atoms with van der Waals surface area (Å²) in [5, 5.41) is 2.43. The molecule has 0 heterocycles. The van der Waals surface area contributed by atoms with Gasteiger partial charge in [-0.15, -0.1) is 0 Å². The molecule has 0 amide bonds. The third-order valence-corrected chi connectivity index (χ3v) is 2.59. The van der Waals surface area contributed by atoms with Crippen LogP contribution < -0.4 is 5.32 Å². The van der Waals surface area contributed by atoms with Crippen LogP contribution in [0.2, 0.25) is 0 Å². The summed E-state index contributed by atoms with van der Waals surface area (Å²) in [6.07, 6.45) is 1.23. The van der Waals surface area contributed by atoms with E-state index in [9.17, 15) is 0 Å². The van der Waals surface area contributed by atoms with E-state index in [4.69, 9.17) is 0 Å². The maximum Gasteiger partial charge on any atom is 0.109 e. The number of hydrogen-bond acceptors (Lipinski definition) is 0. The highest BCUT2D eigenvalue weighted by Crippen LogP contribution is 2.06. The Morgan fingerprint density at radius 1 is 1.15 bits per heavy atom. The second kappa shape index (κ2) is 5.03. The molecular weight excluding hydrogens is 158 g/mol. The summed E-state index contributed by atoms with van der Waals surface area (Å²) in [4.78, 5) is 0. The maximum atomic E-state index is 2.43. The van der Waals surface area contributed by atoms with E-state index in [1.807, 2.05) is 0 Å². The van der Waals surface area contributed by atoms with Gasteiger partial charge < -0.3 is 5.32 Å². The predicted molar refractivity (Wildman–Crippen MR) is 56.5 cm³/mol. The number of hydrogen-bond donors (Lipinski definition) is 1. The van der Waals surface area contributed by atoms with Gasteiger partial charge in [0, 0.05) is 5.56 Å². The molecule has 1 rings (SSSR count). The van der Waals surface area contributed by atoms with Gasteiger partial charge in [0.2, 0.25) is 0 Å². The minimum atomic E-state index is 0.580. The van der Waals surface area contributed by atoms with Crippen molar-refractivity contribution in [3.8, 4) is 0 Å². The molecule has 0 aromatic heterocycles. The molecular formula is C12H20N+. The molecule has 2 N–H and O–H groups in total. The molecule has 0 unspecified atom stereocenters. The van der Waals surface area contributed by atoms with Crippen molar-refractivity contribution >= 4 is 0 Å². The van der Waals surface area contributed by atoms with Gasteiger partial charge in [-0.2, -0.15) is 0 Å². The molecule has 0 radical (unpaired) electrons. The minimum Gasteiger partial charge on any atom is -0.338 e. The second-order valence-corrected chi connectivity index (χ2v) is 3.78. The zero-order valence-electron chi connectivity index (χ0n) is 8.83. The summed E-state index contributed by atoms with van der Waals surface area (Å²) in [7, 11) is 0. The van der Waals surface area contributed by atoms with Crippen molar-refractivity contribution in [1.82, 2.24) is 0 Å². The molecule has 1 aromatic rings. The maximum absolute atomic E-state index is 2.43. The average molecular weight is 178 g/mol. The first-order chi connectivity index (χ1) is 6.24. The second-order valence-electron chi connectivity index (χ2n) is 3.78. The van der Waals surface area contributed by atoms with Crippen molar-refractivity contribution in [2.45, 2.75) is 39.3 Å². The van der Waals surface area contributed by atoms with Gasteiger partial charge >= 0.3 is 0 Å². The molecule has 2 atom stereocenters. The molecule has 0 spiro atoms. The van der Waals surface area contributed by atoms with Gasteiger partial charge in [0.05, 0.1) is 6.04 Å². The number of quaternary nitrogens is 1. The number of nitrogens with two attached hydrogens (primary N) is 1. The first-order valence-corrected chi connectivity index (χ1v) is 5.14. The summed E-state index contributed by atoms with van der Waals surface area (Å²) in [5.41, 5.74) is 1.42. The lowest BCUT2D eigenvalue weighted by atomic mass is 10.1. The van der Waals surface area contributed by atoms with Crippen LogP contribution in [0.15, 0.2) is 30.3 Å². The Hall–Kier alpha value is -0.820. The normalized spacial score (nSPS) is 15.3. The highest BCUT2D eigenvalue weighted by Gasteiger charge is 2.10. The molecule has 0 fully saturated rings. The summed E-state index contributed by atoms with van der Waals surface area (Å²) in [5.74, 6) is 0. The Balaban J connectivity index is 2.53. The van der Waals surface area contributed by atoms with Crippen molar-refractivity contribution in [3.05, 3.63) is 35.9 Å². The molecule has 0 aliphatic rings. The van der Waals surface area contributed by atoms with Crippen molar-refractivity contribution in [3.63, 3.8) is 0 Å². The Morgan fingerprint density at radius 2 is 1.77 bits per heavy atom. The van der Waals surface area contributed by atoms with Gasteiger partial charge in [-0.05, 0) is 20.3 Å². The van der Waals surface area contributed by atoms with E-state index in [1.165, 1.54) is 12.0 Å². The van der Waals surface area contributed by atoms with E-state index in [2.05, 4.69) is 56.4 Å². The summed E-state index contributed by atoms with van der Waals surface area (Å²) >= 11 is 0. The zero-order valence-corrected chi connectivity index (χ0v) is 8.83. The summed E-state index contributed by atoms with van der Waals surface area (Å²) in [6, 6.07) is 12.0. The van der Waals surface area contributed by atoms with Crippen LogP contribution in [0.1, 0.15) is 38.8 Å². The molecule has 1 aromatic carbocycles. The van der Waals surface area contributed by atoms with Crippen molar-refractivity contribution in [2.24, 2.45) is 0 Å².